The summed E-state index contributed by atoms with van der Waals surface area (Å²) in [6, 6.07) is 0. The molecule has 0 radical (unpaired) electrons. The Kier molecular flexibility index (Phi) is 5.73. The lowest BCUT2D eigenvalue weighted by atomic mass is 10.1. The van der Waals surface area contributed by atoms with Crippen molar-refractivity contribution in [2.24, 2.45) is 5.92 Å². The van der Waals surface area contributed by atoms with Crippen LogP contribution in [0.4, 0.5) is 0 Å². The van der Waals surface area contributed by atoms with E-state index in [0.29, 0.717) is 18.9 Å². The highest BCUT2D eigenvalue weighted by atomic mass is 16.4. The van der Waals surface area contributed by atoms with Crippen LogP contribution in [0.1, 0.15) is 19.3 Å². The third-order valence-corrected chi connectivity index (χ3v) is 2.99. The zero-order valence-corrected chi connectivity index (χ0v) is 9.85. The van der Waals surface area contributed by atoms with Gasteiger partial charge in [-0.2, -0.15) is 0 Å². The van der Waals surface area contributed by atoms with Crippen molar-refractivity contribution in [2.45, 2.75) is 25.4 Å². The smallest absolute Gasteiger partial charge is 0.303 e. The van der Waals surface area contributed by atoms with Crippen LogP contribution in [0.5, 0.6) is 0 Å². The molecule has 3 N–H and O–H groups in total. The van der Waals surface area contributed by atoms with E-state index < -0.39 is 12.1 Å². The van der Waals surface area contributed by atoms with E-state index in [1.807, 2.05) is 0 Å². The molecule has 2 unspecified atom stereocenters. The van der Waals surface area contributed by atoms with Gasteiger partial charge in [0.15, 0.2) is 0 Å². The third-order valence-electron chi connectivity index (χ3n) is 2.99. The standard InChI is InChI=1S/C11H22N2O3/c1-13-5-4-9(8-13)6-12-7-10(14)2-3-11(15)16/h9-10,12,14H,2-8H2,1H3,(H,15,16). The van der Waals surface area contributed by atoms with Gasteiger partial charge in [-0.3, -0.25) is 4.79 Å². The minimum Gasteiger partial charge on any atom is -0.481 e. The van der Waals surface area contributed by atoms with Crippen molar-refractivity contribution >= 4 is 5.97 Å². The molecule has 94 valence electrons. The van der Waals surface area contributed by atoms with Gasteiger partial charge in [-0.05, 0) is 38.9 Å². The van der Waals surface area contributed by atoms with Gasteiger partial charge < -0.3 is 20.4 Å². The van der Waals surface area contributed by atoms with Crippen LogP contribution in [0, 0.1) is 5.92 Å². The molecule has 1 aliphatic rings. The van der Waals surface area contributed by atoms with E-state index in [1.165, 1.54) is 6.42 Å². The van der Waals surface area contributed by atoms with Crippen LogP contribution in [-0.2, 0) is 4.79 Å². The van der Waals surface area contributed by atoms with Crippen molar-refractivity contribution in [3.8, 4) is 0 Å². The Hall–Kier alpha value is -0.650. The van der Waals surface area contributed by atoms with Gasteiger partial charge in [0.05, 0.1) is 6.10 Å². The zero-order chi connectivity index (χ0) is 12.0. The van der Waals surface area contributed by atoms with E-state index in [1.54, 1.807) is 0 Å². The molecular weight excluding hydrogens is 208 g/mol. The van der Waals surface area contributed by atoms with Crippen LogP contribution in [0.2, 0.25) is 0 Å². The molecule has 2 atom stereocenters. The minimum atomic E-state index is -0.850. The highest BCUT2D eigenvalue weighted by Crippen LogP contribution is 2.12. The first kappa shape index (κ1) is 13.4. The average molecular weight is 230 g/mol. The Morgan fingerprint density at radius 2 is 2.38 bits per heavy atom. The van der Waals surface area contributed by atoms with Gasteiger partial charge in [0, 0.05) is 19.5 Å². The summed E-state index contributed by atoms with van der Waals surface area (Å²) < 4.78 is 0. The Bertz CT molecular complexity index is 223. The first-order valence-corrected chi connectivity index (χ1v) is 5.87. The van der Waals surface area contributed by atoms with Gasteiger partial charge in [-0.25, -0.2) is 0 Å². The van der Waals surface area contributed by atoms with E-state index in [0.717, 1.165) is 19.6 Å². The molecule has 1 saturated heterocycles. The van der Waals surface area contributed by atoms with E-state index >= 15 is 0 Å². The van der Waals surface area contributed by atoms with Crippen LogP contribution in [-0.4, -0.2) is 60.4 Å². The number of carboxylic acid groups (broad SMARTS) is 1. The molecule has 5 heteroatoms. The number of hydrogen-bond acceptors (Lipinski definition) is 4. The normalized spacial score (nSPS) is 23.5. The Labute approximate surface area is 96.4 Å². The number of likely N-dealkylation sites (tertiary alicyclic amines) is 1. The Morgan fingerprint density at radius 1 is 1.62 bits per heavy atom. The van der Waals surface area contributed by atoms with E-state index in [4.69, 9.17) is 5.11 Å². The molecule has 0 saturated carbocycles. The molecule has 1 fully saturated rings. The van der Waals surface area contributed by atoms with E-state index in [-0.39, 0.29) is 6.42 Å². The van der Waals surface area contributed by atoms with E-state index in [9.17, 15) is 9.90 Å². The van der Waals surface area contributed by atoms with Gasteiger partial charge in [0.2, 0.25) is 0 Å². The molecule has 1 aliphatic heterocycles. The number of aliphatic hydroxyl groups is 1. The van der Waals surface area contributed by atoms with Crippen LogP contribution >= 0.6 is 0 Å². The van der Waals surface area contributed by atoms with E-state index in [2.05, 4.69) is 17.3 Å². The molecule has 0 bridgehead atoms. The highest BCUT2D eigenvalue weighted by molar-refractivity contribution is 5.66. The summed E-state index contributed by atoms with van der Waals surface area (Å²) in [4.78, 5) is 12.6. The van der Waals surface area contributed by atoms with Crippen molar-refractivity contribution in [2.75, 3.05) is 33.2 Å². The summed E-state index contributed by atoms with van der Waals surface area (Å²) >= 11 is 0. The third kappa shape index (κ3) is 5.44. The summed E-state index contributed by atoms with van der Waals surface area (Å²) in [5.74, 6) is -0.187. The first-order valence-electron chi connectivity index (χ1n) is 5.87. The molecule has 0 aliphatic carbocycles. The maximum atomic E-state index is 10.3. The average Bonchev–Trinajstić information content (AvgIpc) is 2.61. The predicted octanol–water partition coefficient (Wildman–Crippen LogP) is -0.247. The number of nitrogens with one attached hydrogen (secondary N) is 1. The number of rotatable bonds is 7. The quantitative estimate of drug-likeness (QED) is 0.562. The fraction of sp³-hybridized carbons (Fsp3) is 0.909. The summed E-state index contributed by atoms with van der Waals surface area (Å²) in [5.41, 5.74) is 0. The van der Waals surface area contributed by atoms with Crippen molar-refractivity contribution in [1.29, 1.82) is 0 Å². The second-order valence-corrected chi connectivity index (χ2v) is 4.66. The fourth-order valence-corrected chi connectivity index (χ4v) is 2.04. The summed E-state index contributed by atoms with van der Waals surface area (Å²) in [6.07, 6.45) is 1.02. The molecule has 0 aromatic heterocycles. The minimum absolute atomic E-state index is 0.0367. The Morgan fingerprint density at radius 3 is 2.94 bits per heavy atom. The van der Waals surface area contributed by atoms with Crippen LogP contribution in [0.15, 0.2) is 0 Å². The van der Waals surface area contributed by atoms with Crippen molar-refractivity contribution in [1.82, 2.24) is 10.2 Å². The summed E-state index contributed by atoms with van der Waals surface area (Å²) in [6.45, 7) is 3.66. The summed E-state index contributed by atoms with van der Waals surface area (Å²) in [5, 5.41) is 21.1. The molecule has 1 rings (SSSR count). The highest BCUT2D eigenvalue weighted by Gasteiger charge is 2.19. The Balaban J connectivity index is 1.99. The van der Waals surface area contributed by atoms with Gasteiger partial charge in [-0.15, -0.1) is 0 Å². The first-order chi connectivity index (χ1) is 7.58. The molecule has 0 spiro atoms. The molecule has 0 aromatic carbocycles. The van der Waals surface area contributed by atoms with Crippen molar-refractivity contribution < 1.29 is 15.0 Å². The number of nitrogens with zero attached hydrogens (tertiary/aromatic N) is 1. The second kappa shape index (κ2) is 6.83. The lowest BCUT2D eigenvalue weighted by Gasteiger charge is -2.14. The zero-order valence-electron chi connectivity index (χ0n) is 9.85. The topological polar surface area (TPSA) is 72.8 Å². The summed E-state index contributed by atoms with van der Waals surface area (Å²) in [7, 11) is 2.11. The number of aliphatic hydroxyl groups excluding tert-OH is 1. The largest absolute Gasteiger partial charge is 0.481 e. The van der Waals surface area contributed by atoms with Crippen molar-refractivity contribution in [3.05, 3.63) is 0 Å². The van der Waals surface area contributed by atoms with Crippen LogP contribution in [0.25, 0.3) is 0 Å². The van der Waals surface area contributed by atoms with Gasteiger partial charge in [0.1, 0.15) is 0 Å². The lowest BCUT2D eigenvalue weighted by molar-refractivity contribution is -0.137. The predicted molar refractivity (Wildman–Crippen MR) is 61.4 cm³/mol. The van der Waals surface area contributed by atoms with Gasteiger partial charge >= 0.3 is 5.97 Å². The SMILES string of the molecule is CN1CCC(CNCC(O)CCC(=O)O)C1. The van der Waals surface area contributed by atoms with Crippen LogP contribution in [0.3, 0.4) is 0 Å². The molecule has 0 amide bonds. The van der Waals surface area contributed by atoms with Gasteiger partial charge in [0.25, 0.3) is 0 Å². The molecule has 16 heavy (non-hydrogen) atoms. The molecular formula is C11H22N2O3. The number of aliphatic carboxylic acids is 1. The molecule has 1 heterocycles. The monoisotopic (exact) mass is 230 g/mol. The fourth-order valence-electron chi connectivity index (χ4n) is 2.04. The number of carbonyl (C=O) groups is 1. The maximum absolute atomic E-state index is 10.3. The van der Waals surface area contributed by atoms with Gasteiger partial charge in [-0.1, -0.05) is 0 Å². The lowest BCUT2D eigenvalue weighted by Crippen LogP contribution is -2.32. The molecule has 0 aromatic rings. The van der Waals surface area contributed by atoms with Crippen LogP contribution < -0.4 is 5.32 Å². The number of hydrogen-bond donors (Lipinski definition) is 3. The second-order valence-electron chi connectivity index (χ2n) is 4.66. The van der Waals surface area contributed by atoms with Crippen molar-refractivity contribution in [3.63, 3.8) is 0 Å². The number of carboxylic acids is 1. The maximum Gasteiger partial charge on any atom is 0.303 e. The molecule has 5 nitrogen and oxygen atoms in total.